The third kappa shape index (κ3) is 3.62. The Morgan fingerprint density at radius 3 is 2.71 bits per heavy atom. The van der Waals surface area contributed by atoms with Gasteiger partial charge in [-0.3, -0.25) is 9.78 Å². The maximum absolute atomic E-state index is 11.7. The molecule has 5 nitrogen and oxygen atoms in total. The van der Waals surface area contributed by atoms with Crippen LogP contribution in [0.3, 0.4) is 0 Å². The number of carbonyl (C=O) groups is 1. The highest BCUT2D eigenvalue weighted by Crippen LogP contribution is 2.21. The summed E-state index contributed by atoms with van der Waals surface area (Å²) >= 11 is 0. The van der Waals surface area contributed by atoms with Gasteiger partial charge in [-0.25, -0.2) is 0 Å². The predicted octanol–water partition coefficient (Wildman–Crippen LogP) is 0.968. The average molecular weight is 236 g/mol. The molecule has 5 heteroatoms. The minimum Gasteiger partial charge on any atom is -0.396 e. The molecule has 0 aliphatic heterocycles. The molecule has 1 aromatic rings. The van der Waals surface area contributed by atoms with Crippen molar-refractivity contribution < 1.29 is 4.79 Å². The van der Waals surface area contributed by atoms with Gasteiger partial charge in [0.2, 0.25) is 5.91 Å². The normalized spacial score (nSPS) is 10.1. The van der Waals surface area contributed by atoms with Gasteiger partial charge in [-0.05, 0) is 12.5 Å². The Hall–Kier alpha value is -1.78. The Morgan fingerprint density at radius 1 is 1.47 bits per heavy atom. The number of nitrogen functional groups attached to an aromatic ring is 1. The van der Waals surface area contributed by atoms with Crippen molar-refractivity contribution >= 4 is 17.3 Å². The van der Waals surface area contributed by atoms with Crippen molar-refractivity contribution in [1.29, 1.82) is 0 Å². The third-order valence-electron chi connectivity index (χ3n) is 2.49. The maximum Gasteiger partial charge on any atom is 0.241 e. The fraction of sp³-hybridized carbons (Fsp3) is 0.500. The minimum atomic E-state index is 0.0645. The predicted molar refractivity (Wildman–Crippen MR) is 69.8 cm³/mol. The summed E-state index contributed by atoms with van der Waals surface area (Å²) in [5.41, 5.74) is 7.35. The van der Waals surface area contributed by atoms with Gasteiger partial charge in [0.1, 0.15) is 0 Å². The quantitative estimate of drug-likeness (QED) is 0.827. The van der Waals surface area contributed by atoms with E-state index in [0.29, 0.717) is 12.2 Å². The highest BCUT2D eigenvalue weighted by atomic mass is 16.2. The standard InChI is InChI=1S/C12H20N4O/c1-4-7-16(9-12(17)15(2)3)11-5-6-14-8-10(11)13/h5-6,8H,4,7,9,13H2,1-3H3. The molecular formula is C12H20N4O. The van der Waals surface area contributed by atoms with Crippen LogP contribution in [0.25, 0.3) is 0 Å². The number of likely N-dealkylation sites (N-methyl/N-ethyl adjacent to an activating group) is 1. The fourth-order valence-corrected chi connectivity index (χ4v) is 1.55. The van der Waals surface area contributed by atoms with Gasteiger partial charge >= 0.3 is 0 Å². The van der Waals surface area contributed by atoms with Crippen molar-refractivity contribution in [1.82, 2.24) is 9.88 Å². The van der Waals surface area contributed by atoms with Crippen LogP contribution in [0, 0.1) is 0 Å². The molecule has 1 amide bonds. The molecule has 0 fully saturated rings. The molecule has 94 valence electrons. The Morgan fingerprint density at radius 2 is 2.18 bits per heavy atom. The Balaban J connectivity index is 2.86. The molecule has 1 rings (SSSR count). The summed E-state index contributed by atoms with van der Waals surface area (Å²) < 4.78 is 0. The molecule has 0 bridgehead atoms. The van der Waals surface area contributed by atoms with Crippen LogP contribution in [-0.2, 0) is 4.79 Å². The zero-order valence-corrected chi connectivity index (χ0v) is 10.7. The van der Waals surface area contributed by atoms with Crippen molar-refractivity contribution in [3.05, 3.63) is 18.5 Å². The first-order valence-electron chi connectivity index (χ1n) is 5.70. The Kier molecular flexibility index (Phi) is 4.75. The van der Waals surface area contributed by atoms with Crippen LogP contribution in [0.5, 0.6) is 0 Å². The molecule has 1 aromatic heterocycles. The molecule has 0 radical (unpaired) electrons. The van der Waals surface area contributed by atoms with Gasteiger partial charge in [-0.2, -0.15) is 0 Å². The fourth-order valence-electron chi connectivity index (χ4n) is 1.55. The van der Waals surface area contributed by atoms with E-state index in [1.54, 1.807) is 31.4 Å². The molecule has 0 aliphatic rings. The van der Waals surface area contributed by atoms with Crippen molar-refractivity contribution in [2.45, 2.75) is 13.3 Å². The van der Waals surface area contributed by atoms with E-state index in [2.05, 4.69) is 11.9 Å². The monoisotopic (exact) mass is 236 g/mol. The van der Waals surface area contributed by atoms with E-state index in [1.165, 1.54) is 0 Å². The first-order valence-corrected chi connectivity index (χ1v) is 5.70. The van der Waals surface area contributed by atoms with Crippen molar-refractivity contribution in [3.8, 4) is 0 Å². The molecule has 0 aromatic carbocycles. The second kappa shape index (κ2) is 6.08. The highest BCUT2D eigenvalue weighted by Gasteiger charge is 2.14. The van der Waals surface area contributed by atoms with E-state index in [-0.39, 0.29) is 5.91 Å². The lowest BCUT2D eigenvalue weighted by Gasteiger charge is -2.26. The van der Waals surface area contributed by atoms with Gasteiger partial charge < -0.3 is 15.5 Å². The maximum atomic E-state index is 11.7. The van der Waals surface area contributed by atoms with Crippen molar-refractivity contribution in [2.24, 2.45) is 0 Å². The summed E-state index contributed by atoms with van der Waals surface area (Å²) in [5.74, 6) is 0.0645. The SMILES string of the molecule is CCCN(CC(=O)N(C)C)c1ccncc1N. The van der Waals surface area contributed by atoms with Gasteiger partial charge in [0.15, 0.2) is 0 Å². The zero-order chi connectivity index (χ0) is 12.8. The van der Waals surface area contributed by atoms with Crippen LogP contribution in [0.4, 0.5) is 11.4 Å². The first-order chi connectivity index (χ1) is 8.06. The number of pyridine rings is 1. The first kappa shape index (κ1) is 13.3. The third-order valence-corrected chi connectivity index (χ3v) is 2.49. The van der Waals surface area contributed by atoms with E-state index in [4.69, 9.17) is 5.73 Å². The van der Waals surface area contributed by atoms with Crippen LogP contribution in [-0.4, -0.2) is 43.0 Å². The van der Waals surface area contributed by atoms with Gasteiger partial charge in [-0.15, -0.1) is 0 Å². The molecule has 0 unspecified atom stereocenters. The molecule has 17 heavy (non-hydrogen) atoms. The molecule has 0 aliphatic carbocycles. The van der Waals surface area contributed by atoms with Crippen molar-refractivity contribution in [3.63, 3.8) is 0 Å². The average Bonchev–Trinajstić information content (AvgIpc) is 2.29. The summed E-state index contributed by atoms with van der Waals surface area (Å²) in [6.07, 6.45) is 4.26. The number of aromatic nitrogens is 1. The summed E-state index contributed by atoms with van der Waals surface area (Å²) in [5, 5.41) is 0. The number of hydrogen-bond acceptors (Lipinski definition) is 4. The Labute approximate surface area is 102 Å². The minimum absolute atomic E-state index is 0.0645. The van der Waals surface area contributed by atoms with E-state index in [9.17, 15) is 4.79 Å². The largest absolute Gasteiger partial charge is 0.396 e. The number of rotatable bonds is 5. The molecule has 0 saturated carbocycles. The summed E-state index contributed by atoms with van der Waals surface area (Å²) in [6.45, 7) is 3.22. The van der Waals surface area contributed by atoms with Crippen molar-refractivity contribution in [2.75, 3.05) is 37.8 Å². The van der Waals surface area contributed by atoms with E-state index < -0.39 is 0 Å². The van der Waals surface area contributed by atoms with E-state index in [0.717, 1.165) is 18.7 Å². The lowest BCUT2D eigenvalue weighted by molar-refractivity contribution is -0.127. The molecule has 1 heterocycles. The number of hydrogen-bond donors (Lipinski definition) is 1. The van der Waals surface area contributed by atoms with Gasteiger partial charge in [0, 0.05) is 26.8 Å². The lowest BCUT2D eigenvalue weighted by atomic mass is 10.2. The van der Waals surface area contributed by atoms with Gasteiger partial charge in [0.25, 0.3) is 0 Å². The van der Waals surface area contributed by atoms with Crippen LogP contribution in [0.2, 0.25) is 0 Å². The van der Waals surface area contributed by atoms with Crippen LogP contribution < -0.4 is 10.6 Å². The number of amides is 1. The second-order valence-corrected chi connectivity index (χ2v) is 4.14. The highest BCUT2D eigenvalue weighted by molar-refractivity contribution is 5.82. The molecule has 0 atom stereocenters. The number of nitrogens with two attached hydrogens (primary N) is 1. The summed E-state index contributed by atoms with van der Waals surface area (Å²) in [7, 11) is 3.50. The van der Waals surface area contributed by atoms with Crippen LogP contribution >= 0.6 is 0 Å². The second-order valence-electron chi connectivity index (χ2n) is 4.14. The van der Waals surface area contributed by atoms with Crippen LogP contribution in [0.15, 0.2) is 18.5 Å². The van der Waals surface area contributed by atoms with Gasteiger partial charge in [0.05, 0.1) is 24.1 Å². The number of nitrogens with zero attached hydrogens (tertiary/aromatic N) is 3. The zero-order valence-electron chi connectivity index (χ0n) is 10.7. The van der Waals surface area contributed by atoms with Crippen LogP contribution in [0.1, 0.15) is 13.3 Å². The molecule has 0 saturated heterocycles. The summed E-state index contributed by atoms with van der Waals surface area (Å²) in [4.78, 5) is 19.3. The Bertz CT molecular complexity index is 379. The number of carbonyl (C=O) groups excluding carboxylic acids is 1. The van der Waals surface area contributed by atoms with Gasteiger partial charge in [-0.1, -0.05) is 6.92 Å². The van der Waals surface area contributed by atoms with E-state index >= 15 is 0 Å². The lowest BCUT2D eigenvalue weighted by Crippen LogP contribution is -2.37. The summed E-state index contributed by atoms with van der Waals surface area (Å²) in [6, 6.07) is 1.84. The molecule has 2 N–H and O–H groups in total. The smallest absolute Gasteiger partial charge is 0.241 e. The number of anilines is 2. The molecular weight excluding hydrogens is 216 g/mol. The topological polar surface area (TPSA) is 62.5 Å². The van der Waals surface area contributed by atoms with E-state index in [1.807, 2.05) is 11.0 Å². The molecule has 0 spiro atoms.